The Hall–Kier alpha value is -1.84. The van der Waals surface area contributed by atoms with E-state index < -0.39 is 6.10 Å². The molecule has 0 aromatic heterocycles. The molecule has 110 valence electrons. The van der Waals surface area contributed by atoms with E-state index in [1.54, 1.807) is 0 Å². The molecule has 1 aliphatic rings. The van der Waals surface area contributed by atoms with Crippen LogP contribution in [0.25, 0.3) is 0 Å². The second-order valence-electron chi connectivity index (χ2n) is 5.50. The molecule has 0 saturated heterocycles. The number of rotatable bonds is 7. The Morgan fingerprint density at radius 1 is 1.05 bits per heavy atom. The molecule has 1 saturated carbocycles. The van der Waals surface area contributed by atoms with Gasteiger partial charge in [-0.15, -0.1) is 0 Å². The molecule has 1 fully saturated rings. The summed E-state index contributed by atoms with van der Waals surface area (Å²) < 4.78 is 5.82. The van der Waals surface area contributed by atoms with Crippen LogP contribution in [0.3, 0.4) is 0 Å². The number of ether oxygens (including phenoxy) is 1. The monoisotopic (exact) mass is 283 g/mol. The lowest BCUT2D eigenvalue weighted by Crippen LogP contribution is -2.17. The number of aliphatic hydroxyl groups is 1. The van der Waals surface area contributed by atoms with E-state index >= 15 is 0 Å². The molecule has 1 atom stereocenters. The summed E-state index contributed by atoms with van der Waals surface area (Å²) in [6.07, 6.45) is 1.95. The van der Waals surface area contributed by atoms with Crippen LogP contribution in [-0.2, 0) is 6.54 Å². The predicted octanol–water partition coefficient (Wildman–Crippen LogP) is 3.05. The number of aliphatic hydroxyl groups excluding tert-OH is 1. The Kier molecular flexibility index (Phi) is 4.53. The lowest BCUT2D eigenvalue weighted by molar-refractivity contribution is 0.107. The van der Waals surface area contributed by atoms with Crippen molar-refractivity contribution >= 4 is 0 Å². The third-order valence-electron chi connectivity index (χ3n) is 3.71. The Balaban J connectivity index is 1.59. The zero-order chi connectivity index (χ0) is 14.5. The van der Waals surface area contributed by atoms with Crippen molar-refractivity contribution in [2.45, 2.75) is 31.5 Å². The SMILES string of the molecule is OC(COc1ccccc1CNC1CC1)c1ccccc1. The Morgan fingerprint density at radius 3 is 2.52 bits per heavy atom. The van der Waals surface area contributed by atoms with E-state index in [9.17, 15) is 5.11 Å². The van der Waals surface area contributed by atoms with Gasteiger partial charge in [-0.1, -0.05) is 48.5 Å². The highest BCUT2D eigenvalue weighted by molar-refractivity contribution is 5.33. The molecule has 0 spiro atoms. The standard InChI is InChI=1S/C18H21NO2/c20-17(14-6-2-1-3-7-14)13-21-18-9-5-4-8-15(18)12-19-16-10-11-16/h1-9,16-17,19-20H,10-13H2. The van der Waals surface area contributed by atoms with Crippen LogP contribution >= 0.6 is 0 Å². The largest absolute Gasteiger partial charge is 0.490 e. The average Bonchev–Trinajstić information content (AvgIpc) is 3.36. The first-order valence-electron chi connectivity index (χ1n) is 7.50. The average molecular weight is 283 g/mol. The van der Waals surface area contributed by atoms with Crippen molar-refractivity contribution in [1.82, 2.24) is 5.32 Å². The molecule has 0 bridgehead atoms. The smallest absolute Gasteiger partial charge is 0.123 e. The van der Waals surface area contributed by atoms with Crippen molar-refractivity contribution in [3.05, 3.63) is 65.7 Å². The van der Waals surface area contributed by atoms with Crippen molar-refractivity contribution in [2.75, 3.05) is 6.61 Å². The molecule has 0 heterocycles. The highest BCUT2D eigenvalue weighted by atomic mass is 16.5. The highest BCUT2D eigenvalue weighted by Gasteiger charge is 2.20. The second-order valence-corrected chi connectivity index (χ2v) is 5.50. The minimum atomic E-state index is -0.601. The molecule has 3 rings (SSSR count). The first kappa shape index (κ1) is 14.1. The van der Waals surface area contributed by atoms with Gasteiger partial charge in [-0.05, 0) is 24.5 Å². The second kappa shape index (κ2) is 6.74. The van der Waals surface area contributed by atoms with Crippen molar-refractivity contribution in [3.8, 4) is 5.75 Å². The van der Waals surface area contributed by atoms with Crippen LogP contribution in [0.4, 0.5) is 0 Å². The molecular formula is C18H21NO2. The van der Waals surface area contributed by atoms with Gasteiger partial charge in [0.05, 0.1) is 0 Å². The molecular weight excluding hydrogens is 262 g/mol. The third kappa shape index (κ3) is 4.06. The maximum atomic E-state index is 10.2. The predicted molar refractivity (Wildman–Crippen MR) is 83.2 cm³/mol. The van der Waals surface area contributed by atoms with Gasteiger partial charge in [-0.3, -0.25) is 0 Å². The summed E-state index contributed by atoms with van der Waals surface area (Å²) in [6.45, 7) is 1.09. The molecule has 3 nitrogen and oxygen atoms in total. The van der Waals surface area contributed by atoms with E-state index in [0.29, 0.717) is 6.04 Å². The van der Waals surface area contributed by atoms with E-state index in [1.807, 2.05) is 48.5 Å². The van der Waals surface area contributed by atoms with E-state index in [4.69, 9.17) is 4.74 Å². The van der Waals surface area contributed by atoms with Crippen LogP contribution in [0.1, 0.15) is 30.1 Å². The number of hydrogen-bond donors (Lipinski definition) is 2. The molecule has 0 radical (unpaired) electrons. The third-order valence-corrected chi connectivity index (χ3v) is 3.71. The van der Waals surface area contributed by atoms with Gasteiger partial charge in [0.2, 0.25) is 0 Å². The van der Waals surface area contributed by atoms with E-state index in [1.165, 1.54) is 12.8 Å². The Morgan fingerprint density at radius 2 is 1.76 bits per heavy atom. The van der Waals surface area contributed by atoms with Crippen molar-refractivity contribution in [2.24, 2.45) is 0 Å². The van der Waals surface area contributed by atoms with E-state index in [0.717, 1.165) is 23.4 Å². The van der Waals surface area contributed by atoms with Gasteiger partial charge >= 0.3 is 0 Å². The Labute approximate surface area is 125 Å². The van der Waals surface area contributed by atoms with Gasteiger partial charge in [0.15, 0.2) is 0 Å². The van der Waals surface area contributed by atoms with Crippen LogP contribution in [-0.4, -0.2) is 17.8 Å². The zero-order valence-corrected chi connectivity index (χ0v) is 12.0. The van der Waals surface area contributed by atoms with E-state index in [-0.39, 0.29) is 6.61 Å². The summed E-state index contributed by atoms with van der Waals surface area (Å²) >= 11 is 0. The van der Waals surface area contributed by atoms with Gasteiger partial charge < -0.3 is 15.2 Å². The highest BCUT2D eigenvalue weighted by Crippen LogP contribution is 2.23. The fourth-order valence-corrected chi connectivity index (χ4v) is 2.27. The summed E-state index contributed by atoms with van der Waals surface area (Å²) in [5.41, 5.74) is 2.02. The minimum absolute atomic E-state index is 0.268. The lowest BCUT2D eigenvalue weighted by Gasteiger charge is -2.15. The van der Waals surface area contributed by atoms with Crippen LogP contribution in [0.2, 0.25) is 0 Å². The summed E-state index contributed by atoms with van der Waals surface area (Å²) in [6, 6.07) is 18.3. The summed E-state index contributed by atoms with van der Waals surface area (Å²) in [5.74, 6) is 0.848. The van der Waals surface area contributed by atoms with Crippen molar-refractivity contribution < 1.29 is 9.84 Å². The maximum Gasteiger partial charge on any atom is 0.123 e. The number of hydrogen-bond acceptors (Lipinski definition) is 3. The van der Waals surface area contributed by atoms with Crippen molar-refractivity contribution in [1.29, 1.82) is 0 Å². The van der Waals surface area contributed by atoms with Crippen LogP contribution in [0, 0.1) is 0 Å². The van der Waals surface area contributed by atoms with Gasteiger partial charge in [0.25, 0.3) is 0 Å². The number of benzene rings is 2. The minimum Gasteiger partial charge on any atom is -0.490 e. The topological polar surface area (TPSA) is 41.5 Å². The molecule has 0 aliphatic heterocycles. The molecule has 3 heteroatoms. The van der Waals surface area contributed by atoms with E-state index in [2.05, 4.69) is 11.4 Å². The summed E-state index contributed by atoms with van der Waals surface area (Å²) in [5, 5.41) is 13.7. The molecule has 1 aliphatic carbocycles. The number of nitrogens with one attached hydrogen (secondary N) is 1. The zero-order valence-electron chi connectivity index (χ0n) is 12.0. The van der Waals surface area contributed by atoms with Crippen molar-refractivity contribution in [3.63, 3.8) is 0 Å². The molecule has 2 aromatic rings. The van der Waals surface area contributed by atoms with Crippen LogP contribution in [0.15, 0.2) is 54.6 Å². The summed E-state index contributed by atoms with van der Waals surface area (Å²) in [4.78, 5) is 0. The van der Waals surface area contributed by atoms with Gasteiger partial charge in [0.1, 0.15) is 18.5 Å². The maximum absolute atomic E-state index is 10.2. The fourth-order valence-electron chi connectivity index (χ4n) is 2.27. The normalized spacial score (nSPS) is 15.7. The molecule has 1 unspecified atom stereocenters. The first-order valence-corrected chi connectivity index (χ1v) is 7.50. The molecule has 0 amide bonds. The van der Waals surface area contributed by atoms with Crippen LogP contribution in [0.5, 0.6) is 5.75 Å². The van der Waals surface area contributed by atoms with Gasteiger partial charge in [-0.25, -0.2) is 0 Å². The van der Waals surface area contributed by atoms with Gasteiger partial charge in [-0.2, -0.15) is 0 Å². The Bertz CT molecular complexity index is 566. The fraction of sp³-hybridized carbons (Fsp3) is 0.333. The number of para-hydroxylation sites is 1. The molecule has 2 aromatic carbocycles. The molecule has 21 heavy (non-hydrogen) atoms. The van der Waals surface area contributed by atoms with Gasteiger partial charge in [0, 0.05) is 18.2 Å². The first-order chi connectivity index (χ1) is 10.3. The summed E-state index contributed by atoms with van der Waals surface area (Å²) in [7, 11) is 0. The quantitative estimate of drug-likeness (QED) is 0.820. The molecule has 2 N–H and O–H groups in total. The van der Waals surface area contributed by atoms with Crippen LogP contribution < -0.4 is 10.1 Å². The lowest BCUT2D eigenvalue weighted by atomic mass is 10.1.